The molecule has 0 saturated carbocycles. The van der Waals surface area contributed by atoms with Gasteiger partial charge in [-0.15, -0.1) is 0 Å². The van der Waals surface area contributed by atoms with Crippen molar-refractivity contribution < 1.29 is 23.2 Å². The van der Waals surface area contributed by atoms with Crippen molar-refractivity contribution in [3.63, 3.8) is 0 Å². The summed E-state index contributed by atoms with van der Waals surface area (Å²) in [5.74, 6) is -0.414. The molecule has 0 aromatic carbocycles. The van der Waals surface area contributed by atoms with E-state index in [1.54, 1.807) is 20.8 Å². The third-order valence-corrected chi connectivity index (χ3v) is 4.42. The molecule has 0 saturated heterocycles. The monoisotopic (exact) mass is 262 g/mol. The van der Waals surface area contributed by atoms with E-state index in [2.05, 4.69) is 6.58 Å². The minimum absolute atomic E-state index is 0.237. The van der Waals surface area contributed by atoms with Crippen LogP contribution in [0.2, 0.25) is 6.04 Å². The van der Waals surface area contributed by atoms with Crippen molar-refractivity contribution in [3.8, 4) is 0 Å². The summed E-state index contributed by atoms with van der Waals surface area (Å²) in [7, 11) is -3.06. The normalized spacial score (nSPS) is 11.3. The fraction of sp³-hybridized carbons (Fsp3) is 0.727. The molecule has 0 aromatic rings. The largest absolute Gasteiger partial charge is 0.498 e. The standard InChI is InChI=1S/C11H22O5Si/c1-5-15-17(13,16-6-2)9-7-8-14-11(12)10(3)4/h13H,3,5-9H2,1-2,4H3. The van der Waals surface area contributed by atoms with Crippen LogP contribution in [0.3, 0.4) is 0 Å². The first-order valence-electron chi connectivity index (χ1n) is 5.78. The summed E-state index contributed by atoms with van der Waals surface area (Å²) >= 11 is 0. The first kappa shape index (κ1) is 16.3. The quantitative estimate of drug-likeness (QED) is 0.295. The van der Waals surface area contributed by atoms with E-state index in [9.17, 15) is 9.59 Å². The van der Waals surface area contributed by atoms with Gasteiger partial charge in [-0.05, 0) is 27.2 Å². The zero-order valence-corrected chi connectivity index (χ0v) is 11.8. The van der Waals surface area contributed by atoms with Crippen LogP contribution in [-0.2, 0) is 18.4 Å². The van der Waals surface area contributed by atoms with E-state index < -0.39 is 14.8 Å². The van der Waals surface area contributed by atoms with E-state index >= 15 is 0 Å². The first-order valence-corrected chi connectivity index (χ1v) is 7.75. The lowest BCUT2D eigenvalue weighted by Gasteiger charge is -2.22. The van der Waals surface area contributed by atoms with E-state index in [0.717, 1.165) is 0 Å². The molecular formula is C11H22O5Si. The predicted molar refractivity (Wildman–Crippen MR) is 66.4 cm³/mol. The van der Waals surface area contributed by atoms with Gasteiger partial charge >= 0.3 is 14.8 Å². The number of rotatable bonds is 9. The average Bonchev–Trinajstić information content (AvgIpc) is 2.24. The van der Waals surface area contributed by atoms with E-state index in [-0.39, 0.29) is 6.61 Å². The Morgan fingerprint density at radius 2 is 1.82 bits per heavy atom. The van der Waals surface area contributed by atoms with Gasteiger partial charge in [0, 0.05) is 24.8 Å². The van der Waals surface area contributed by atoms with Gasteiger partial charge in [0.2, 0.25) is 0 Å². The summed E-state index contributed by atoms with van der Waals surface area (Å²) in [6.07, 6.45) is 0.516. The second-order valence-electron chi connectivity index (χ2n) is 3.60. The van der Waals surface area contributed by atoms with Gasteiger partial charge in [0.25, 0.3) is 0 Å². The smallest absolute Gasteiger partial charge is 0.462 e. The Hall–Kier alpha value is -0.693. The fourth-order valence-corrected chi connectivity index (χ4v) is 3.09. The number of esters is 1. The van der Waals surface area contributed by atoms with Crippen molar-refractivity contribution in [2.75, 3.05) is 19.8 Å². The number of carbonyl (C=O) groups is 1. The Kier molecular flexibility index (Phi) is 8.06. The third-order valence-electron chi connectivity index (χ3n) is 1.96. The van der Waals surface area contributed by atoms with E-state index in [1.165, 1.54) is 0 Å². The Balaban J connectivity index is 3.90. The van der Waals surface area contributed by atoms with Crippen LogP contribution < -0.4 is 0 Å². The van der Waals surface area contributed by atoms with Crippen molar-refractivity contribution in [2.24, 2.45) is 0 Å². The van der Waals surface area contributed by atoms with Gasteiger partial charge < -0.3 is 18.4 Å². The highest BCUT2D eigenvalue weighted by atomic mass is 28.4. The van der Waals surface area contributed by atoms with Gasteiger partial charge in [-0.25, -0.2) is 4.79 Å². The lowest BCUT2D eigenvalue weighted by atomic mass is 10.4. The molecular weight excluding hydrogens is 240 g/mol. The summed E-state index contributed by atoms with van der Waals surface area (Å²) in [5.41, 5.74) is 0.368. The third kappa shape index (κ3) is 7.27. The highest BCUT2D eigenvalue weighted by Gasteiger charge is 2.35. The van der Waals surface area contributed by atoms with Crippen LogP contribution in [0.4, 0.5) is 0 Å². The molecule has 0 unspecified atom stereocenters. The highest BCUT2D eigenvalue weighted by Crippen LogP contribution is 2.12. The van der Waals surface area contributed by atoms with Crippen LogP contribution in [0.1, 0.15) is 27.2 Å². The predicted octanol–water partition coefficient (Wildman–Crippen LogP) is 1.50. The van der Waals surface area contributed by atoms with Gasteiger partial charge in [-0.2, -0.15) is 0 Å². The SMILES string of the molecule is C=C(C)C(=O)OCCC[Si](O)(OCC)OCC. The van der Waals surface area contributed by atoms with Crippen molar-refractivity contribution in [1.29, 1.82) is 0 Å². The molecule has 0 radical (unpaired) electrons. The lowest BCUT2D eigenvalue weighted by molar-refractivity contribution is -0.139. The van der Waals surface area contributed by atoms with Crippen LogP contribution in [-0.4, -0.2) is 39.4 Å². The molecule has 1 N–H and O–H groups in total. The van der Waals surface area contributed by atoms with Crippen molar-refractivity contribution >= 4 is 14.8 Å². The topological polar surface area (TPSA) is 65.0 Å². The van der Waals surface area contributed by atoms with Crippen molar-refractivity contribution in [3.05, 3.63) is 12.2 Å². The molecule has 0 atom stereocenters. The summed E-state index contributed by atoms with van der Waals surface area (Å²) in [6.45, 7) is 9.73. The molecule has 0 bridgehead atoms. The molecule has 0 rings (SSSR count). The number of ether oxygens (including phenoxy) is 1. The first-order chi connectivity index (χ1) is 7.95. The van der Waals surface area contributed by atoms with Gasteiger partial charge in [-0.1, -0.05) is 6.58 Å². The molecule has 0 aliphatic heterocycles. The number of hydrogen-bond donors (Lipinski definition) is 1. The van der Waals surface area contributed by atoms with Crippen LogP contribution >= 0.6 is 0 Å². The summed E-state index contributed by atoms with van der Waals surface area (Å²) < 4.78 is 15.4. The summed E-state index contributed by atoms with van der Waals surface area (Å²) in [4.78, 5) is 21.1. The molecule has 0 heterocycles. The maximum Gasteiger partial charge on any atom is 0.498 e. The van der Waals surface area contributed by atoms with E-state index in [0.29, 0.717) is 31.3 Å². The Morgan fingerprint density at radius 1 is 1.29 bits per heavy atom. The molecule has 0 fully saturated rings. The molecule has 100 valence electrons. The maximum atomic E-state index is 11.1. The molecule has 0 spiro atoms. The average molecular weight is 262 g/mol. The zero-order chi connectivity index (χ0) is 13.3. The summed E-state index contributed by atoms with van der Waals surface area (Å²) in [6, 6.07) is 0.387. The van der Waals surface area contributed by atoms with Crippen molar-refractivity contribution in [1.82, 2.24) is 0 Å². The van der Waals surface area contributed by atoms with Gasteiger partial charge in [0.05, 0.1) is 6.61 Å². The lowest BCUT2D eigenvalue weighted by Crippen LogP contribution is -2.42. The molecule has 0 aliphatic carbocycles. The molecule has 0 aromatic heterocycles. The van der Waals surface area contributed by atoms with Crippen LogP contribution in [0.25, 0.3) is 0 Å². The van der Waals surface area contributed by atoms with E-state index in [4.69, 9.17) is 13.6 Å². The summed E-state index contributed by atoms with van der Waals surface area (Å²) in [5, 5.41) is 0. The van der Waals surface area contributed by atoms with Crippen molar-refractivity contribution in [2.45, 2.75) is 33.2 Å². The van der Waals surface area contributed by atoms with Gasteiger partial charge in [-0.3, -0.25) is 0 Å². The van der Waals surface area contributed by atoms with E-state index in [1.807, 2.05) is 0 Å². The number of carbonyl (C=O) groups excluding carboxylic acids is 1. The van der Waals surface area contributed by atoms with Gasteiger partial charge in [0.1, 0.15) is 0 Å². The minimum Gasteiger partial charge on any atom is -0.462 e. The zero-order valence-electron chi connectivity index (χ0n) is 10.8. The molecule has 5 nitrogen and oxygen atoms in total. The van der Waals surface area contributed by atoms with Crippen LogP contribution in [0, 0.1) is 0 Å². The van der Waals surface area contributed by atoms with Crippen LogP contribution in [0.5, 0.6) is 0 Å². The minimum atomic E-state index is -3.06. The van der Waals surface area contributed by atoms with Gasteiger partial charge in [0.15, 0.2) is 0 Å². The Labute approximate surface area is 104 Å². The molecule has 0 amide bonds. The molecule has 17 heavy (non-hydrogen) atoms. The fourth-order valence-electron chi connectivity index (χ4n) is 1.22. The second kappa shape index (κ2) is 8.41. The molecule has 6 heteroatoms. The second-order valence-corrected chi connectivity index (χ2v) is 6.10. The molecule has 0 aliphatic rings. The maximum absolute atomic E-state index is 11.1. The number of hydrogen-bond acceptors (Lipinski definition) is 5. The Bertz CT molecular complexity index is 248. The Morgan fingerprint density at radius 3 is 2.24 bits per heavy atom. The van der Waals surface area contributed by atoms with Crippen LogP contribution in [0.15, 0.2) is 12.2 Å². The highest BCUT2D eigenvalue weighted by molar-refractivity contribution is 6.59.